The minimum Gasteiger partial charge on any atom is -0.342 e. The van der Waals surface area contributed by atoms with Gasteiger partial charge >= 0.3 is 0 Å². The second kappa shape index (κ2) is 8.13. The highest BCUT2D eigenvalue weighted by Crippen LogP contribution is 2.30. The van der Waals surface area contributed by atoms with E-state index in [0.717, 1.165) is 43.0 Å². The minimum atomic E-state index is -0.285. The molecule has 2 amide bonds. The summed E-state index contributed by atoms with van der Waals surface area (Å²) in [5.41, 5.74) is 2.94. The number of carbonyl (C=O) groups excluding carboxylic acids is 2. The molecule has 1 aromatic carbocycles. The number of hydrogen-bond acceptors (Lipinski definition) is 4. The molecule has 2 fully saturated rings. The highest BCUT2D eigenvalue weighted by Gasteiger charge is 2.39. The molecule has 0 aliphatic carbocycles. The molecule has 2 aromatic heterocycles. The fraction of sp³-hybridized carbons (Fsp3) is 0.417. The summed E-state index contributed by atoms with van der Waals surface area (Å²) in [7, 11) is 0. The zero-order chi connectivity index (χ0) is 21.4. The van der Waals surface area contributed by atoms with Crippen LogP contribution in [0.4, 0.5) is 5.69 Å². The summed E-state index contributed by atoms with van der Waals surface area (Å²) < 4.78 is 2.01. The van der Waals surface area contributed by atoms with Crippen LogP contribution < -0.4 is 4.90 Å². The molecule has 4 heterocycles. The predicted octanol–water partition coefficient (Wildman–Crippen LogP) is 3.05. The number of piperidine rings is 1. The van der Waals surface area contributed by atoms with Gasteiger partial charge in [-0.05, 0) is 49.1 Å². The van der Waals surface area contributed by atoms with Crippen LogP contribution in [-0.2, 0) is 16.0 Å². The first kappa shape index (κ1) is 19.7. The molecular formula is C24H27N5O2. The molecule has 0 N–H and O–H groups in total. The van der Waals surface area contributed by atoms with Crippen LogP contribution in [0.25, 0.3) is 5.65 Å². The van der Waals surface area contributed by atoms with Crippen molar-refractivity contribution in [1.29, 1.82) is 0 Å². The van der Waals surface area contributed by atoms with E-state index >= 15 is 0 Å². The van der Waals surface area contributed by atoms with Gasteiger partial charge in [0, 0.05) is 43.9 Å². The highest BCUT2D eigenvalue weighted by atomic mass is 16.2. The lowest BCUT2D eigenvalue weighted by Crippen LogP contribution is -2.43. The van der Waals surface area contributed by atoms with Gasteiger partial charge in [0.05, 0.1) is 5.92 Å². The molecule has 160 valence electrons. The van der Waals surface area contributed by atoms with Gasteiger partial charge < -0.3 is 9.80 Å². The molecule has 3 aromatic rings. The Morgan fingerprint density at radius 2 is 1.94 bits per heavy atom. The molecule has 7 heteroatoms. The van der Waals surface area contributed by atoms with Crippen LogP contribution in [0.2, 0.25) is 0 Å². The lowest BCUT2D eigenvalue weighted by molar-refractivity contribution is -0.137. The summed E-state index contributed by atoms with van der Waals surface area (Å²) in [6, 6.07) is 13.9. The smallest absolute Gasteiger partial charge is 0.228 e. The topological polar surface area (TPSA) is 70.8 Å². The number of fused-ring (bicyclic) bond motifs is 1. The molecule has 2 atom stereocenters. The molecular weight excluding hydrogens is 390 g/mol. The van der Waals surface area contributed by atoms with E-state index in [1.807, 2.05) is 45.8 Å². The number of likely N-dealkylation sites (tertiary alicyclic amines) is 1. The Hall–Kier alpha value is -3.22. The van der Waals surface area contributed by atoms with Crippen LogP contribution in [0, 0.1) is 5.92 Å². The Morgan fingerprint density at radius 3 is 2.74 bits per heavy atom. The predicted molar refractivity (Wildman–Crippen MR) is 118 cm³/mol. The van der Waals surface area contributed by atoms with E-state index < -0.39 is 0 Å². The van der Waals surface area contributed by atoms with Crippen molar-refractivity contribution >= 4 is 23.1 Å². The number of amides is 2. The molecule has 2 unspecified atom stereocenters. The largest absolute Gasteiger partial charge is 0.342 e. The summed E-state index contributed by atoms with van der Waals surface area (Å²) in [5.74, 6) is 0.893. The van der Waals surface area contributed by atoms with E-state index in [9.17, 15) is 9.59 Å². The van der Waals surface area contributed by atoms with Crippen LogP contribution in [-0.4, -0.2) is 50.9 Å². The summed E-state index contributed by atoms with van der Waals surface area (Å²) in [6.45, 7) is 3.93. The van der Waals surface area contributed by atoms with Gasteiger partial charge in [0.2, 0.25) is 11.8 Å². The third-order valence-electron chi connectivity index (χ3n) is 6.57. The third-order valence-corrected chi connectivity index (χ3v) is 6.57. The molecule has 0 saturated carbocycles. The fourth-order valence-electron chi connectivity index (χ4n) is 4.82. The average molecular weight is 418 g/mol. The highest BCUT2D eigenvalue weighted by molar-refractivity contribution is 6.00. The SMILES string of the molecule is CCc1ccc(N2CC(C(=O)N3CCCC(c4nnc5ccccn45)C3)CC2=O)cc1. The van der Waals surface area contributed by atoms with Crippen molar-refractivity contribution in [1.82, 2.24) is 19.5 Å². The van der Waals surface area contributed by atoms with Crippen molar-refractivity contribution in [2.75, 3.05) is 24.5 Å². The van der Waals surface area contributed by atoms with E-state index in [4.69, 9.17) is 0 Å². The number of hydrogen-bond donors (Lipinski definition) is 0. The van der Waals surface area contributed by atoms with Gasteiger partial charge in [0.1, 0.15) is 5.82 Å². The van der Waals surface area contributed by atoms with Crippen molar-refractivity contribution in [2.24, 2.45) is 5.92 Å². The average Bonchev–Trinajstić information content (AvgIpc) is 3.42. The van der Waals surface area contributed by atoms with Crippen molar-refractivity contribution in [3.63, 3.8) is 0 Å². The van der Waals surface area contributed by atoms with Gasteiger partial charge in [0.25, 0.3) is 0 Å². The second-order valence-electron chi connectivity index (χ2n) is 8.54. The maximum absolute atomic E-state index is 13.3. The van der Waals surface area contributed by atoms with Crippen LogP contribution in [0.5, 0.6) is 0 Å². The number of rotatable bonds is 4. The maximum Gasteiger partial charge on any atom is 0.228 e. The first-order valence-corrected chi connectivity index (χ1v) is 11.1. The summed E-state index contributed by atoms with van der Waals surface area (Å²) in [4.78, 5) is 29.7. The Bertz CT molecular complexity index is 1110. The van der Waals surface area contributed by atoms with E-state index in [1.165, 1.54) is 5.56 Å². The van der Waals surface area contributed by atoms with Gasteiger partial charge in [-0.3, -0.25) is 14.0 Å². The quantitative estimate of drug-likeness (QED) is 0.654. The van der Waals surface area contributed by atoms with Crippen LogP contribution in [0.15, 0.2) is 48.7 Å². The van der Waals surface area contributed by atoms with Gasteiger partial charge in [-0.25, -0.2) is 0 Å². The Kier molecular flexibility index (Phi) is 5.18. The van der Waals surface area contributed by atoms with E-state index in [0.29, 0.717) is 13.1 Å². The van der Waals surface area contributed by atoms with Gasteiger partial charge in [0.15, 0.2) is 5.65 Å². The molecule has 2 aliphatic rings. The number of pyridine rings is 1. The molecule has 0 spiro atoms. The fourth-order valence-corrected chi connectivity index (χ4v) is 4.82. The monoisotopic (exact) mass is 417 g/mol. The molecule has 0 bridgehead atoms. The van der Waals surface area contributed by atoms with Gasteiger partial charge in [-0.2, -0.15) is 0 Å². The van der Waals surface area contributed by atoms with Gasteiger partial charge in [-0.15, -0.1) is 10.2 Å². The normalized spacial score (nSPS) is 21.8. The molecule has 2 saturated heterocycles. The number of carbonyl (C=O) groups is 2. The Morgan fingerprint density at radius 1 is 1.10 bits per heavy atom. The lowest BCUT2D eigenvalue weighted by Gasteiger charge is -2.33. The standard InChI is InChI=1S/C24H27N5O2/c1-2-17-8-10-20(11-9-17)29-16-19(14-22(29)30)24(31)27-12-5-6-18(15-27)23-26-25-21-7-3-4-13-28(21)23/h3-4,7-11,13,18-19H,2,5-6,12,14-16H2,1H3. The molecule has 5 rings (SSSR count). The zero-order valence-electron chi connectivity index (χ0n) is 17.8. The maximum atomic E-state index is 13.3. The van der Waals surface area contributed by atoms with Crippen LogP contribution in [0.1, 0.15) is 43.5 Å². The zero-order valence-corrected chi connectivity index (χ0v) is 17.8. The van der Waals surface area contributed by atoms with Crippen molar-refractivity contribution in [2.45, 2.75) is 38.5 Å². The van der Waals surface area contributed by atoms with Crippen LogP contribution >= 0.6 is 0 Å². The van der Waals surface area contributed by atoms with Gasteiger partial charge in [-0.1, -0.05) is 25.1 Å². The Balaban J connectivity index is 1.29. The number of aromatic nitrogens is 3. The van der Waals surface area contributed by atoms with Crippen LogP contribution in [0.3, 0.4) is 0 Å². The number of benzene rings is 1. The molecule has 31 heavy (non-hydrogen) atoms. The van der Waals surface area contributed by atoms with Crippen molar-refractivity contribution < 1.29 is 9.59 Å². The molecule has 0 radical (unpaired) electrons. The summed E-state index contributed by atoms with van der Waals surface area (Å²) >= 11 is 0. The molecule has 7 nitrogen and oxygen atoms in total. The second-order valence-corrected chi connectivity index (χ2v) is 8.54. The lowest BCUT2D eigenvalue weighted by atomic mass is 9.95. The van der Waals surface area contributed by atoms with E-state index in [2.05, 4.69) is 29.3 Å². The third kappa shape index (κ3) is 3.69. The first-order chi connectivity index (χ1) is 15.1. The van der Waals surface area contributed by atoms with E-state index in [1.54, 1.807) is 4.90 Å². The minimum absolute atomic E-state index is 0.0274. The summed E-state index contributed by atoms with van der Waals surface area (Å²) in [6.07, 6.45) is 5.14. The Labute approximate surface area is 181 Å². The molecule has 2 aliphatic heterocycles. The number of anilines is 1. The van der Waals surface area contributed by atoms with E-state index in [-0.39, 0.29) is 30.1 Å². The number of nitrogens with zero attached hydrogens (tertiary/aromatic N) is 5. The summed E-state index contributed by atoms with van der Waals surface area (Å²) in [5, 5.41) is 8.67. The first-order valence-electron chi connectivity index (χ1n) is 11.1. The van der Waals surface area contributed by atoms with Crippen molar-refractivity contribution in [3.8, 4) is 0 Å². The number of aryl methyl sites for hydroxylation is 1. The van der Waals surface area contributed by atoms with Crippen molar-refractivity contribution in [3.05, 3.63) is 60.0 Å².